The predicted molar refractivity (Wildman–Crippen MR) is 81.7 cm³/mol. The third-order valence-corrected chi connectivity index (χ3v) is 5.57. The Hall–Kier alpha value is -0.570. The summed E-state index contributed by atoms with van der Waals surface area (Å²) in [5.41, 5.74) is 0. The minimum atomic E-state index is -0.685. The molecule has 1 aliphatic carbocycles. The molecule has 0 aromatic carbocycles. The summed E-state index contributed by atoms with van der Waals surface area (Å²) in [5.74, 6) is 2.93. The van der Waals surface area contributed by atoms with Crippen molar-refractivity contribution in [2.75, 3.05) is 19.6 Å². The fourth-order valence-corrected chi connectivity index (χ4v) is 4.13. The van der Waals surface area contributed by atoms with E-state index in [0.29, 0.717) is 0 Å². The second-order valence-corrected chi connectivity index (χ2v) is 7.37. The molecule has 2 fully saturated rings. The maximum atomic E-state index is 10.7. The minimum Gasteiger partial charge on any atom is -0.480 e. The van der Waals surface area contributed by atoms with E-state index in [0.717, 1.165) is 36.8 Å². The number of hydrogen-bond acceptors (Lipinski definition) is 2. The molecule has 0 bridgehead atoms. The van der Waals surface area contributed by atoms with Crippen LogP contribution in [-0.2, 0) is 4.79 Å². The maximum Gasteiger partial charge on any atom is 0.317 e. The van der Waals surface area contributed by atoms with Gasteiger partial charge in [-0.25, -0.2) is 0 Å². The van der Waals surface area contributed by atoms with Gasteiger partial charge in [0, 0.05) is 0 Å². The van der Waals surface area contributed by atoms with Gasteiger partial charge < -0.3 is 5.11 Å². The summed E-state index contributed by atoms with van der Waals surface area (Å²) in [7, 11) is 0. The quantitative estimate of drug-likeness (QED) is 0.836. The van der Waals surface area contributed by atoms with Crippen LogP contribution in [0.1, 0.15) is 58.8 Å². The summed E-state index contributed by atoms with van der Waals surface area (Å²) < 4.78 is 0. The Morgan fingerprint density at radius 2 is 1.60 bits per heavy atom. The Balaban J connectivity index is 1.65. The molecule has 1 N–H and O–H groups in total. The van der Waals surface area contributed by atoms with Gasteiger partial charge in [-0.2, -0.15) is 0 Å². The maximum absolute atomic E-state index is 10.7. The summed E-state index contributed by atoms with van der Waals surface area (Å²) in [6.07, 6.45) is 9.53. The molecule has 1 saturated heterocycles. The number of nitrogens with zero attached hydrogens (tertiary/aromatic N) is 1. The lowest BCUT2D eigenvalue weighted by molar-refractivity contribution is -0.138. The molecule has 0 atom stereocenters. The predicted octanol–water partition coefficient (Wildman–Crippen LogP) is 3.64. The number of piperidine rings is 1. The lowest BCUT2D eigenvalue weighted by atomic mass is 9.73. The second-order valence-electron chi connectivity index (χ2n) is 7.37. The number of carboxylic acids is 1. The highest BCUT2D eigenvalue weighted by molar-refractivity contribution is 5.69. The topological polar surface area (TPSA) is 40.5 Å². The van der Waals surface area contributed by atoms with Crippen molar-refractivity contribution in [2.24, 2.45) is 23.7 Å². The van der Waals surface area contributed by atoms with Gasteiger partial charge in [0.05, 0.1) is 6.54 Å². The van der Waals surface area contributed by atoms with Crippen LogP contribution in [0.5, 0.6) is 0 Å². The first-order valence-corrected chi connectivity index (χ1v) is 8.48. The van der Waals surface area contributed by atoms with E-state index in [2.05, 4.69) is 18.7 Å². The summed E-state index contributed by atoms with van der Waals surface area (Å²) in [4.78, 5) is 12.8. The van der Waals surface area contributed by atoms with E-state index in [4.69, 9.17) is 5.11 Å². The molecule has 0 amide bonds. The molecule has 3 heteroatoms. The minimum absolute atomic E-state index is 0.228. The monoisotopic (exact) mass is 281 g/mol. The molecule has 1 aliphatic heterocycles. The standard InChI is InChI=1S/C17H31NO2/c1-13(2)16-5-3-14(4-6-16)11-15-7-9-18(10-8-15)12-17(19)20/h13-16H,3-12H2,1-2H3,(H,19,20). The average molecular weight is 281 g/mol. The van der Waals surface area contributed by atoms with Gasteiger partial charge in [0.15, 0.2) is 0 Å². The number of hydrogen-bond donors (Lipinski definition) is 1. The smallest absolute Gasteiger partial charge is 0.317 e. The first-order chi connectivity index (χ1) is 9.54. The van der Waals surface area contributed by atoms with Crippen molar-refractivity contribution in [3.05, 3.63) is 0 Å². The van der Waals surface area contributed by atoms with Crippen LogP contribution in [0.4, 0.5) is 0 Å². The van der Waals surface area contributed by atoms with E-state index in [-0.39, 0.29) is 6.54 Å². The first kappa shape index (κ1) is 15.8. The van der Waals surface area contributed by atoms with E-state index in [1.165, 1.54) is 44.9 Å². The summed E-state index contributed by atoms with van der Waals surface area (Å²) in [6.45, 7) is 6.93. The lowest BCUT2D eigenvalue weighted by Crippen LogP contribution is -2.37. The van der Waals surface area contributed by atoms with Crippen molar-refractivity contribution >= 4 is 5.97 Å². The van der Waals surface area contributed by atoms with Gasteiger partial charge in [-0.15, -0.1) is 0 Å². The number of carbonyl (C=O) groups is 1. The number of carboxylic acid groups (broad SMARTS) is 1. The fraction of sp³-hybridized carbons (Fsp3) is 0.941. The number of aliphatic carboxylic acids is 1. The number of likely N-dealkylation sites (tertiary alicyclic amines) is 1. The van der Waals surface area contributed by atoms with Crippen LogP contribution in [0.15, 0.2) is 0 Å². The largest absolute Gasteiger partial charge is 0.480 e. The lowest BCUT2D eigenvalue weighted by Gasteiger charge is -2.36. The molecule has 0 unspecified atom stereocenters. The van der Waals surface area contributed by atoms with Crippen LogP contribution < -0.4 is 0 Å². The van der Waals surface area contributed by atoms with Gasteiger partial charge in [0.1, 0.15) is 0 Å². The molecule has 0 radical (unpaired) electrons. The fourth-order valence-electron chi connectivity index (χ4n) is 4.13. The molecule has 0 spiro atoms. The van der Waals surface area contributed by atoms with Crippen LogP contribution in [-0.4, -0.2) is 35.6 Å². The first-order valence-electron chi connectivity index (χ1n) is 8.48. The van der Waals surface area contributed by atoms with Crippen LogP contribution >= 0.6 is 0 Å². The van der Waals surface area contributed by atoms with Gasteiger partial charge in [0.2, 0.25) is 0 Å². The highest BCUT2D eigenvalue weighted by Gasteiger charge is 2.27. The molecular weight excluding hydrogens is 250 g/mol. The zero-order valence-corrected chi connectivity index (χ0v) is 13.2. The Bertz CT molecular complexity index is 300. The molecule has 2 rings (SSSR count). The molecule has 2 aliphatic rings. The normalized spacial score (nSPS) is 29.8. The molecule has 0 aromatic heterocycles. The molecule has 116 valence electrons. The van der Waals surface area contributed by atoms with E-state index >= 15 is 0 Å². The Kier molecular flexibility index (Phi) is 5.88. The Morgan fingerprint density at radius 3 is 2.10 bits per heavy atom. The van der Waals surface area contributed by atoms with Gasteiger partial charge >= 0.3 is 5.97 Å². The van der Waals surface area contributed by atoms with Gasteiger partial charge in [-0.1, -0.05) is 26.7 Å². The van der Waals surface area contributed by atoms with E-state index < -0.39 is 5.97 Å². The molecule has 3 nitrogen and oxygen atoms in total. The van der Waals surface area contributed by atoms with Gasteiger partial charge in [-0.05, 0) is 68.9 Å². The molecular formula is C17H31NO2. The highest BCUT2D eigenvalue weighted by Crippen LogP contribution is 2.37. The van der Waals surface area contributed by atoms with Crippen LogP contribution in [0.2, 0.25) is 0 Å². The molecule has 0 aromatic rings. The summed E-state index contributed by atoms with van der Waals surface area (Å²) in [6, 6.07) is 0. The summed E-state index contributed by atoms with van der Waals surface area (Å²) in [5, 5.41) is 8.82. The van der Waals surface area contributed by atoms with Gasteiger partial charge in [-0.3, -0.25) is 9.69 Å². The average Bonchev–Trinajstić information content (AvgIpc) is 2.41. The third-order valence-electron chi connectivity index (χ3n) is 5.57. The van der Waals surface area contributed by atoms with Gasteiger partial charge in [0.25, 0.3) is 0 Å². The zero-order valence-electron chi connectivity index (χ0n) is 13.2. The van der Waals surface area contributed by atoms with Crippen molar-refractivity contribution in [1.29, 1.82) is 0 Å². The molecule has 20 heavy (non-hydrogen) atoms. The third kappa shape index (κ3) is 4.76. The van der Waals surface area contributed by atoms with E-state index in [9.17, 15) is 4.79 Å². The molecule has 1 heterocycles. The van der Waals surface area contributed by atoms with Crippen molar-refractivity contribution in [3.63, 3.8) is 0 Å². The van der Waals surface area contributed by atoms with Crippen LogP contribution in [0.3, 0.4) is 0 Å². The highest BCUT2D eigenvalue weighted by atomic mass is 16.4. The Morgan fingerprint density at radius 1 is 1.05 bits per heavy atom. The van der Waals surface area contributed by atoms with Crippen LogP contribution in [0.25, 0.3) is 0 Å². The van der Waals surface area contributed by atoms with E-state index in [1.807, 2.05) is 0 Å². The van der Waals surface area contributed by atoms with Crippen molar-refractivity contribution in [3.8, 4) is 0 Å². The van der Waals surface area contributed by atoms with E-state index in [1.54, 1.807) is 0 Å². The zero-order chi connectivity index (χ0) is 14.5. The Labute approximate surface area is 123 Å². The second kappa shape index (κ2) is 7.44. The SMILES string of the molecule is CC(C)C1CCC(CC2CCN(CC(=O)O)CC2)CC1. The number of rotatable bonds is 5. The van der Waals surface area contributed by atoms with Crippen molar-refractivity contribution < 1.29 is 9.90 Å². The van der Waals surface area contributed by atoms with Crippen molar-refractivity contribution in [1.82, 2.24) is 4.90 Å². The summed E-state index contributed by atoms with van der Waals surface area (Å²) >= 11 is 0. The van der Waals surface area contributed by atoms with Crippen molar-refractivity contribution in [2.45, 2.75) is 58.8 Å². The van der Waals surface area contributed by atoms with Crippen LogP contribution in [0, 0.1) is 23.7 Å². The molecule has 1 saturated carbocycles.